The monoisotopic (exact) mass is 447 g/mol. The Bertz CT molecular complexity index is 1090. The van der Waals surface area contributed by atoms with Crippen LogP contribution in [0.5, 0.6) is 0 Å². The number of anilines is 1. The summed E-state index contributed by atoms with van der Waals surface area (Å²) in [4.78, 5) is 27.8. The zero-order valence-corrected chi connectivity index (χ0v) is 18.6. The normalized spacial score (nSPS) is 20.0. The highest BCUT2D eigenvalue weighted by atomic mass is 32.2. The number of nitrogens with zero attached hydrogens (tertiary/aromatic N) is 2. The van der Waals surface area contributed by atoms with Crippen LogP contribution in [0.3, 0.4) is 0 Å². The summed E-state index contributed by atoms with van der Waals surface area (Å²) in [6, 6.07) is 13.2. The highest BCUT2D eigenvalue weighted by Crippen LogP contribution is 2.33. The summed E-state index contributed by atoms with van der Waals surface area (Å²) in [7, 11) is -3.70. The molecule has 166 valence electrons. The third kappa shape index (κ3) is 4.62. The maximum atomic E-state index is 13.7. The Labute approximate surface area is 181 Å². The molecule has 1 N–H and O–H groups in total. The number of sulfonamides is 1. The third-order valence-corrected chi connectivity index (χ3v) is 7.26. The van der Waals surface area contributed by atoms with Crippen molar-refractivity contribution in [1.29, 1.82) is 0 Å². The number of amides is 2. The van der Waals surface area contributed by atoms with E-state index in [2.05, 4.69) is 5.32 Å². The SMILES string of the molecule is CCS(=O)(=O)N1CC(=O)N(c2ccc(F)cc2C)[C@@](C)(C(=O)NCc2ccccc2)C1. The van der Waals surface area contributed by atoms with Crippen LogP contribution in [0.15, 0.2) is 48.5 Å². The van der Waals surface area contributed by atoms with E-state index < -0.39 is 33.2 Å². The van der Waals surface area contributed by atoms with E-state index in [0.717, 1.165) is 9.87 Å². The van der Waals surface area contributed by atoms with Gasteiger partial charge in [0, 0.05) is 18.8 Å². The first-order chi connectivity index (χ1) is 14.6. The summed E-state index contributed by atoms with van der Waals surface area (Å²) in [5.74, 6) is -1.69. The van der Waals surface area contributed by atoms with Crippen molar-refractivity contribution in [2.24, 2.45) is 0 Å². The number of carbonyl (C=O) groups is 2. The molecule has 0 radical (unpaired) electrons. The molecule has 9 heteroatoms. The molecule has 1 atom stereocenters. The van der Waals surface area contributed by atoms with Crippen molar-refractivity contribution in [3.8, 4) is 0 Å². The minimum absolute atomic E-state index is 0.183. The second kappa shape index (κ2) is 8.76. The van der Waals surface area contributed by atoms with Gasteiger partial charge in [-0.2, -0.15) is 4.31 Å². The fourth-order valence-corrected chi connectivity index (χ4v) is 4.88. The average molecular weight is 448 g/mol. The van der Waals surface area contributed by atoms with Gasteiger partial charge >= 0.3 is 0 Å². The van der Waals surface area contributed by atoms with Gasteiger partial charge < -0.3 is 5.32 Å². The molecule has 0 spiro atoms. The predicted molar refractivity (Wildman–Crippen MR) is 116 cm³/mol. The zero-order valence-electron chi connectivity index (χ0n) is 17.8. The number of carbonyl (C=O) groups excluding carboxylic acids is 2. The lowest BCUT2D eigenvalue weighted by Crippen LogP contribution is -2.70. The van der Waals surface area contributed by atoms with Crippen LogP contribution in [0.25, 0.3) is 0 Å². The molecule has 2 aromatic carbocycles. The molecule has 1 heterocycles. The van der Waals surface area contributed by atoms with Crippen molar-refractivity contribution in [2.45, 2.75) is 32.9 Å². The molecule has 0 aliphatic carbocycles. The van der Waals surface area contributed by atoms with Gasteiger partial charge in [0.05, 0.1) is 12.3 Å². The Kier molecular flexibility index (Phi) is 6.47. The number of hydrogen-bond donors (Lipinski definition) is 1. The Hall–Kier alpha value is -2.78. The molecule has 0 saturated carbocycles. The van der Waals surface area contributed by atoms with E-state index in [1.807, 2.05) is 30.3 Å². The van der Waals surface area contributed by atoms with E-state index in [1.165, 1.54) is 36.9 Å². The van der Waals surface area contributed by atoms with Crippen LogP contribution >= 0.6 is 0 Å². The molecule has 3 rings (SSSR count). The van der Waals surface area contributed by atoms with E-state index >= 15 is 0 Å². The van der Waals surface area contributed by atoms with Gasteiger partial charge in [-0.05, 0) is 50.1 Å². The largest absolute Gasteiger partial charge is 0.350 e. The van der Waals surface area contributed by atoms with Crippen LogP contribution in [0.2, 0.25) is 0 Å². The fraction of sp³-hybridized carbons (Fsp3) is 0.364. The molecule has 7 nitrogen and oxygen atoms in total. The maximum Gasteiger partial charge on any atom is 0.247 e. The molecule has 0 bridgehead atoms. The lowest BCUT2D eigenvalue weighted by atomic mass is 9.93. The summed E-state index contributed by atoms with van der Waals surface area (Å²) in [5.41, 5.74) is 0.193. The van der Waals surface area contributed by atoms with Gasteiger partial charge in [0.2, 0.25) is 21.8 Å². The highest BCUT2D eigenvalue weighted by molar-refractivity contribution is 7.89. The molecule has 1 saturated heterocycles. The van der Waals surface area contributed by atoms with Gasteiger partial charge in [0.15, 0.2) is 0 Å². The minimum Gasteiger partial charge on any atom is -0.350 e. The first kappa shape index (κ1) is 22.9. The van der Waals surface area contributed by atoms with Crippen molar-refractivity contribution >= 4 is 27.5 Å². The Balaban J connectivity index is 2.01. The van der Waals surface area contributed by atoms with E-state index in [0.29, 0.717) is 11.3 Å². The second-order valence-corrected chi connectivity index (χ2v) is 10.0. The van der Waals surface area contributed by atoms with Crippen molar-refractivity contribution in [2.75, 3.05) is 23.7 Å². The van der Waals surface area contributed by atoms with Gasteiger partial charge in [-0.25, -0.2) is 12.8 Å². The Morgan fingerprint density at radius 3 is 2.48 bits per heavy atom. The average Bonchev–Trinajstić information content (AvgIpc) is 2.73. The summed E-state index contributed by atoms with van der Waals surface area (Å²) in [6.45, 7) is 4.30. The summed E-state index contributed by atoms with van der Waals surface area (Å²) < 4.78 is 39.8. The minimum atomic E-state index is -3.70. The number of hydrogen-bond acceptors (Lipinski definition) is 4. The zero-order chi connectivity index (χ0) is 22.8. The van der Waals surface area contributed by atoms with E-state index in [9.17, 15) is 22.4 Å². The van der Waals surface area contributed by atoms with Crippen molar-refractivity contribution in [1.82, 2.24) is 9.62 Å². The van der Waals surface area contributed by atoms with Gasteiger partial charge in [-0.1, -0.05) is 30.3 Å². The van der Waals surface area contributed by atoms with E-state index in [1.54, 1.807) is 6.92 Å². The number of aryl methyl sites for hydroxylation is 1. The third-order valence-electron chi connectivity index (χ3n) is 5.48. The van der Waals surface area contributed by atoms with Crippen molar-refractivity contribution in [3.05, 3.63) is 65.5 Å². The smallest absolute Gasteiger partial charge is 0.247 e. The van der Waals surface area contributed by atoms with Crippen LogP contribution < -0.4 is 10.2 Å². The van der Waals surface area contributed by atoms with Crippen LogP contribution in [-0.4, -0.2) is 48.9 Å². The topological polar surface area (TPSA) is 86.8 Å². The highest BCUT2D eigenvalue weighted by Gasteiger charge is 2.50. The van der Waals surface area contributed by atoms with Crippen LogP contribution in [0.1, 0.15) is 25.0 Å². The first-order valence-electron chi connectivity index (χ1n) is 9.98. The van der Waals surface area contributed by atoms with Crippen LogP contribution in [-0.2, 0) is 26.2 Å². The number of benzene rings is 2. The molecule has 1 fully saturated rings. The van der Waals surface area contributed by atoms with Crippen molar-refractivity contribution in [3.63, 3.8) is 0 Å². The van der Waals surface area contributed by atoms with Gasteiger partial charge in [-0.15, -0.1) is 0 Å². The molecule has 1 aliphatic heterocycles. The van der Waals surface area contributed by atoms with Crippen LogP contribution in [0, 0.1) is 12.7 Å². The van der Waals surface area contributed by atoms with Gasteiger partial charge in [-0.3, -0.25) is 14.5 Å². The quantitative estimate of drug-likeness (QED) is 0.736. The second-order valence-electron chi connectivity index (χ2n) is 7.77. The maximum absolute atomic E-state index is 13.7. The molecule has 1 aliphatic rings. The molecule has 31 heavy (non-hydrogen) atoms. The first-order valence-corrected chi connectivity index (χ1v) is 11.6. The molecular formula is C22H26FN3O4S. The number of piperazine rings is 1. The molecule has 2 aromatic rings. The summed E-state index contributed by atoms with van der Waals surface area (Å²) in [6.07, 6.45) is 0. The Morgan fingerprint density at radius 1 is 1.19 bits per heavy atom. The number of halogens is 1. The summed E-state index contributed by atoms with van der Waals surface area (Å²) >= 11 is 0. The summed E-state index contributed by atoms with van der Waals surface area (Å²) in [5, 5.41) is 2.82. The predicted octanol–water partition coefficient (Wildman–Crippen LogP) is 2.21. The number of rotatable bonds is 6. The van der Waals surface area contributed by atoms with Gasteiger partial charge in [0.25, 0.3) is 0 Å². The molecular weight excluding hydrogens is 421 g/mol. The van der Waals surface area contributed by atoms with Crippen molar-refractivity contribution < 1.29 is 22.4 Å². The van der Waals surface area contributed by atoms with Gasteiger partial charge in [0.1, 0.15) is 11.4 Å². The fourth-order valence-electron chi connectivity index (χ4n) is 3.76. The molecule has 0 aromatic heterocycles. The standard InChI is InChI=1S/C22H26FN3O4S/c1-4-31(29,30)25-14-20(27)26(19-11-10-18(23)12-16(19)2)22(3,15-25)21(28)24-13-17-8-6-5-7-9-17/h5-12H,4,13-15H2,1-3H3,(H,24,28)/t22-/m1/s1. The Morgan fingerprint density at radius 2 is 1.87 bits per heavy atom. The molecule has 0 unspecified atom stereocenters. The van der Waals surface area contributed by atoms with Crippen LogP contribution in [0.4, 0.5) is 10.1 Å². The number of nitrogens with one attached hydrogen (secondary N) is 1. The molecule has 2 amide bonds. The lowest BCUT2D eigenvalue weighted by Gasteiger charge is -2.47. The lowest BCUT2D eigenvalue weighted by molar-refractivity contribution is -0.133. The van der Waals surface area contributed by atoms with E-state index in [4.69, 9.17) is 0 Å². The van der Waals surface area contributed by atoms with E-state index in [-0.39, 0.29) is 25.4 Å².